The molecule has 2 fully saturated rings. The number of anilines is 1. The fourth-order valence-electron chi connectivity index (χ4n) is 3.88. The summed E-state index contributed by atoms with van der Waals surface area (Å²) in [6.45, 7) is 5.58. The van der Waals surface area contributed by atoms with Gasteiger partial charge in [-0.3, -0.25) is 19.4 Å². The van der Waals surface area contributed by atoms with Crippen molar-refractivity contribution in [3.05, 3.63) is 54.6 Å². The molecule has 1 aliphatic heterocycles. The lowest BCUT2D eigenvalue weighted by Gasteiger charge is -2.37. The Morgan fingerprint density at radius 3 is 2.33 bits per heavy atom. The van der Waals surface area contributed by atoms with Crippen LogP contribution in [-0.4, -0.2) is 66.4 Å². The van der Waals surface area contributed by atoms with Crippen molar-refractivity contribution in [3.8, 4) is 11.1 Å². The monoisotopic (exact) mass is 406 g/mol. The molecule has 2 amide bonds. The topological polar surface area (TPSA) is 64.7 Å². The lowest BCUT2D eigenvalue weighted by molar-refractivity contribution is -0.124. The number of nitrogens with zero attached hydrogens (tertiary/aromatic N) is 2. The highest BCUT2D eigenvalue weighted by molar-refractivity contribution is 5.98. The number of carbonyl (C=O) groups is 2. The van der Waals surface area contributed by atoms with Crippen molar-refractivity contribution < 1.29 is 9.59 Å². The molecule has 1 atom stereocenters. The minimum Gasteiger partial charge on any atom is -0.352 e. The molecule has 6 heteroatoms. The van der Waals surface area contributed by atoms with Gasteiger partial charge in [-0.25, -0.2) is 0 Å². The van der Waals surface area contributed by atoms with E-state index in [0.29, 0.717) is 12.6 Å². The van der Waals surface area contributed by atoms with Crippen LogP contribution in [0.2, 0.25) is 0 Å². The smallest absolute Gasteiger partial charge is 0.241 e. The summed E-state index contributed by atoms with van der Waals surface area (Å²) in [6.07, 6.45) is 2.22. The average Bonchev–Trinajstić information content (AvgIpc) is 3.58. The van der Waals surface area contributed by atoms with Crippen LogP contribution >= 0.6 is 0 Å². The van der Waals surface area contributed by atoms with Crippen molar-refractivity contribution >= 4 is 17.5 Å². The molecule has 4 rings (SSSR count). The third-order valence-corrected chi connectivity index (χ3v) is 5.91. The van der Waals surface area contributed by atoms with Crippen molar-refractivity contribution in [2.45, 2.75) is 31.8 Å². The molecule has 2 aromatic rings. The Labute approximate surface area is 178 Å². The van der Waals surface area contributed by atoms with Gasteiger partial charge in [-0.2, -0.15) is 0 Å². The Kier molecular flexibility index (Phi) is 6.45. The summed E-state index contributed by atoms with van der Waals surface area (Å²) in [4.78, 5) is 29.3. The summed E-state index contributed by atoms with van der Waals surface area (Å²) in [5.74, 6) is 0.118. The minimum atomic E-state index is -0.226. The summed E-state index contributed by atoms with van der Waals surface area (Å²) in [7, 11) is 0. The number of para-hydroxylation sites is 1. The van der Waals surface area contributed by atoms with Gasteiger partial charge >= 0.3 is 0 Å². The molecule has 1 unspecified atom stereocenters. The normalized spacial score (nSPS) is 18.6. The first-order valence-electron chi connectivity index (χ1n) is 10.8. The lowest BCUT2D eigenvalue weighted by Crippen LogP contribution is -2.54. The SMILES string of the molecule is CC(C(=O)Nc1ccccc1-c1ccccc1)N1CCN(CC(=O)NC2CC2)CC1. The molecule has 2 N–H and O–H groups in total. The molecule has 1 saturated heterocycles. The molecule has 1 saturated carbocycles. The predicted octanol–water partition coefficient (Wildman–Crippen LogP) is 2.58. The van der Waals surface area contributed by atoms with Gasteiger partial charge in [-0.1, -0.05) is 48.5 Å². The molecule has 6 nitrogen and oxygen atoms in total. The highest BCUT2D eigenvalue weighted by atomic mass is 16.2. The van der Waals surface area contributed by atoms with E-state index in [1.165, 1.54) is 0 Å². The fourth-order valence-corrected chi connectivity index (χ4v) is 3.88. The molecule has 0 aromatic heterocycles. The number of amides is 2. The van der Waals surface area contributed by atoms with Crippen molar-refractivity contribution in [1.29, 1.82) is 0 Å². The van der Waals surface area contributed by atoms with E-state index in [1.807, 2.05) is 61.5 Å². The van der Waals surface area contributed by atoms with Crippen LogP contribution in [0.1, 0.15) is 19.8 Å². The maximum Gasteiger partial charge on any atom is 0.241 e. The minimum absolute atomic E-state index is 0.00157. The molecule has 0 spiro atoms. The van der Waals surface area contributed by atoms with E-state index in [4.69, 9.17) is 0 Å². The summed E-state index contributed by atoms with van der Waals surface area (Å²) < 4.78 is 0. The Bertz CT molecular complexity index is 874. The Balaban J connectivity index is 1.31. The molecule has 2 aliphatic rings. The van der Waals surface area contributed by atoms with Crippen LogP contribution in [0.4, 0.5) is 5.69 Å². The quantitative estimate of drug-likeness (QED) is 0.742. The molecule has 0 bridgehead atoms. The van der Waals surface area contributed by atoms with Gasteiger partial charge in [0, 0.05) is 43.5 Å². The van der Waals surface area contributed by atoms with Gasteiger partial charge in [-0.05, 0) is 31.4 Å². The summed E-state index contributed by atoms with van der Waals surface area (Å²) in [5, 5.41) is 6.16. The largest absolute Gasteiger partial charge is 0.352 e. The van der Waals surface area contributed by atoms with Crippen molar-refractivity contribution in [1.82, 2.24) is 15.1 Å². The molecule has 158 valence electrons. The first-order valence-corrected chi connectivity index (χ1v) is 10.8. The average molecular weight is 407 g/mol. The second-order valence-electron chi connectivity index (χ2n) is 8.23. The molecular weight excluding hydrogens is 376 g/mol. The highest BCUT2D eigenvalue weighted by Crippen LogP contribution is 2.27. The van der Waals surface area contributed by atoms with Crippen LogP contribution in [0.15, 0.2) is 54.6 Å². The third-order valence-electron chi connectivity index (χ3n) is 5.91. The van der Waals surface area contributed by atoms with E-state index in [0.717, 1.165) is 55.8 Å². The molecule has 0 radical (unpaired) electrons. The molecule has 1 heterocycles. The first-order chi connectivity index (χ1) is 14.6. The zero-order valence-corrected chi connectivity index (χ0v) is 17.5. The van der Waals surface area contributed by atoms with Gasteiger partial charge in [0.2, 0.25) is 11.8 Å². The van der Waals surface area contributed by atoms with E-state index in [2.05, 4.69) is 20.4 Å². The molecule has 30 heavy (non-hydrogen) atoms. The third kappa shape index (κ3) is 5.26. The van der Waals surface area contributed by atoms with Crippen LogP contribution in [0, 0.1) is 0 Å². The second kappa shape index (κ2) is 9.41. The van der Waals surface area contributed by atoms with Gasteiger partial charge in [0.15, 0.2) is 0 Å². The summed E-state index contributed by atoms with van der Waals surface area (Å²) in [5.41, 5.74) is 2.93. The summed E-state index contributed by atoms with van der Waals surface area (Å²) >= 11 is 0. The van der Waals surface area contributed by atoms with Crippen LogP contribution in [0.5, 0.6) is 0 Å². The Morgan fingerprint density at radius 2 is 1.63 bits per heavy atom. The lowest BCUT2D eigenvalue weighted by atomic mass is 10.0. The zero-order valence-electron chi connectivity index (χ0n) is 17.5. The van der Waals surface area contributed by atoms with E-state index in [9.17, 15) is 9.59 Å². The maximum absolute atomic E-state index is 13.0. The van der Waals surface area contributed by atoms with Crippen molar-refractivity contribution in [2.24, 2.45) is 0 Å². The van der Waals surface area contributed by atoms with Crippen LogP contribution in [0.3, 0.4) is 0 Å². The van der Waals surface area contributed by atoms with Crippen LogP contribution < -0.4 is 10.6 Å². The first kappa shape index (κ1) is 20.6. The standard InChI is InChI=1S/C24H30N4O2/c1-18(28-15-13-27(14-16-28)17-23(29)25-20-11-12-20)24(30)26-22-10-6-5-9-21(22)19-7-3-2-4-8-19/h2-10,18,20H,11-17H2,1H3,(H,25,29)(H,26,30). The zero-order chi connectivity index (χ0) is 20.9. The number of nitrogens with one attached hydrogen (secondary N) is 2. The number of rotatable bonds is 7. The van der Waals surface area contributed by atoms with Crippen molar-refractivity contribution in [3.63, 3.8) is 0 Å². The number of piperazine rings is 1. The van der Waals surface area contributed by atoms with E-state index in [-0.39, 0.29) is 17.9 Å². The molecule has 1 aliphatic carbocycles. The van der Waals surface area contributed by atoms with Gasteiger partial charge in [-0.15, -0.1) is 0 Å². The molecular formula is C24H30N4O2. The van der Waals surface area contributed by atoms with E-state index in [1.54, 1.807) is 0 Å². The Morgan fingerprint density at radius 1 is 0.967 bits per heavy atom. The van der Waals surface area contributed by atoms with E-state index >= 15 is 0 Å². The number of carbonyl (C=O) groups excluding carboxylic acids is 2. The van der Waals surface area contributed by atoms with Crippen molar-refractivity contribution in [2.75, 3.05) is 38.0 Å². The van der Waals surface area contributed by atoms with Crippen LogP contribution in [0.25, 0.3) is 11.1 Å². The number of benzene rings is 2. The predicted molar refractivity (Wildman–Crippen MR) is 119 cm³/mol. The molecule has 2 aromatic carbocycles. The number of hydrogen-bond donors (Lipinski definition) is 2. The maximum atomic E-state index is 13.0. The van der Waals surface area contributed by atoms with Gasteiger partial charge < -0.3 is 10.6 Å². The second-order valence-corrected chi connectivity index (χ2v) is 8.23. The Hall–Kier alpha value is -2.70. The van der Waals surface area contributed by atoms with Gasteiger partial charge in [0.05, 0.1) is 12.6 Å². The van der Waals surface area contributed by atoms with E-state index < -0.39 is 0 Å². The van der Waals surface area contributed by atoms with Gasteiger partial charge in [0.25, 0.3) is 0 Å². The van der Waals surface area contributed by atoms with Gasteiger partial charge in [0.1, 0.15) is 0 Å². The fraction of sp³-hybridized carbons (Fsp3) is 0.417. The summed E-state index contributed by atoms with van der Waals surface area (Å²) in [6, 6.07) is 18.2. The highest BCUT2D eigenvalue weighted by Gasteiger charge is 2.28. The van der Waals surface area contributed by atoms with Crippen LogP contribution in [-0.2, 0) is 9.59 Å². The number of hydrogen-bond acceptors (Lipinski definition) is 4.